The maximum atomic E-state index is 13.3. The van der Waals surface area contributed by atoms with Crippen molar-refractivity contribution < 1.29 is 32.5 Å². The predicted octanol–water partition coefficient (Wildman–Crippen LogP) is 2.98. The first-order chi connectivity index (χ1) is 19.7. The van der Waals surface area contributed by atoms with Gasteiger partial charge in [0.25, 0.3) is 5.91 Å². The fourth-order valence-corrected chi connectivity index (χ4v) is 8.19. The van der Waals surface area contributed by atoms with E-state index in [0.29, 0.717) is 53.0 Å². The summed E-state index contributed by atoms with van der Waals surface area (Å²) >= 11 is 13.0. The van der Waals surface area contributed by atoms with Crippen molar-refractivity contribution >= 4 is 44.8 Å². The van der Waals surface area contributed by atoms with Crippen molar-refractivity contribution in [3.63, 3.8) is 0 Å². The number of piperidine rings is 1. The topological polar surface area (TPSA) is 126 Å². The molecule has 2 unspecified atom stereocenters. The second kappa shape index (κ2) is 10.4. The summed E-state index contributed by atoms with van der Waals surface area (Å²) in [5, 5.41) is 18.1. The minimum Gasteiger partial charge on any atom is -0.847 e. The maximum absolute atomic E-state index is 13.3. The molecule has 1 aromatic heterocycles. The third kappa shape index (κ3) is 5.08. The van der Waals surface area contributed by atoms with Gasteiger partial charge in [0, 0.05) is 34.9 Å². The number of hydrogen-bond donors (Lipinski definition) is 2. The molecular formula is C29H29Cl2N3O6S. The number of nitrogens with zero attached hydrogens (tertiary/aromatic N) is 1. The Morgan fingerprint density at radius 2 is 1.80 bits per heavy atom. The molecule has 2 aromatic carbocycles. The van der Waals surface area contributed by atoms with Gasteiger partial charge in [-0.2, -0.15) is 0 Å². The van der Waals surface area contributed by atoms with E-state index in [1.807, 2.05) is 0 Å². The van der Waals surface area contributed by atoms with Crippen LogP contribution in [0.1, 0.15) is 59.7 Å². The molecule has 3 saturated carbocycles. The molecule has 216 valence electrons. The maximum Gasteiger partial charge on any atom is 0.264 e. The third-order valence-corrected chi connectivity index (χ3v) is 11.3. The molecule has 7 rings (SSSR count). The third-order valence-electron chi connectivity index (χ3n) is 8.81. The van der Waals surface area contributed by atoms with E-state index in [-0.39, 0.29) is 30.2 Å². The van der Waals surface area contributed by atoms with Crippen LogP contribution in [-0.2, 0) is 21.4 Å². The molecule has 5 atom stereocenters. The Kier molecular flexibility index (Phi) is 6.92. The number of ether oxygens (including phenoxy) is 1. The number of quaternary nitrogens is 1. The van der Waals surface area contributed by atoms with Gasteiger partial charge in [0.1, 0.15) is 17.1 Å². The molecule has 12 heteroatoms. The van der Waals surface area contributed by atoms with Gasteiger partial charge in [-0.05, 0) is 62.1 Å². The number of fused-ring (bicyclic) bond motifs is 2. The van der Waals surface area contributed by atoms with Crippen LogP contribution < -0.4 is 14.7 Å². The summed E-state index contributed by atoms with van der Waals surface area (Å²) in [5.74, 6) is 0.313. The standard InChI is InChI=1S/C29H28Cl2N3O6S/c30-21-2-1-3-22(31)25(21)26-20(28(40-32-26)15-4-5-15)14-39-24-12-23-27(35)19(24)13-34(23)17-8-6-16(7-9-17)29(36)33-41(37,38)18-10-11-18/h1-3,6-9,15,18-19,23-24,27H,4-5,10-14H2,(H,33,36)/q-1/p+1/t19-,23+,24-,27?/m1/s1. The van der Waals surface area contributed by atoms with Crippen molar-refractivity contribution in [1.29, 1.82) is 0 Å². The number of amides is 1. The summed E-state index contributed by atoms with van der Waals surface area (Å²) in [6.45, 7) is 0.878. The lowest BCUT2D eigenvalue weighted by atomic mass is 10.0. The fourth-order valence-electron chi connectivity index (χ4n) is 6.31. The first kappa shape index (κ1) is 27.4. The zero-order valence-corrected chi connectivity index (χ0v) is 24.3. The molecule has 4 fully saturated rings. The van der Waals surface area contributed by atoms with Gasteiger partial charge in [0.15, 0.2) is 0 Å². The molecule has 1 aliphatic heterocycles. The van der Waals surface area contributed by atoms with Gasteiger partial charge in [-0.3, -0.25) is 4.79 Å². The van der Waals surface area contributed by atoms with Crippen LogP contribution >= 0.6 is 23.2 Å². The van der Waals surface area contributed by atoms with E-state index < -0.39 is 27.3 Å². The summed E-state index contributed by atoms with van der Waals surface area (Å²) in [6.07, 6.45) is 2.88. The second-order valence-corrected chi connectivity index (χ2v) is 14.3. The molecule has 1 saturated heterocycles. The zero-order valence-electron chi connectivity index (χ0n) is 22.0. The molecule has 41 heavy (non-hydrogen) atoms. The normalized spacial score (nSPS) is 27.3. The molecule has 4 aliphatic rings. The molecule has 9 nitrogen and oxygen atoms in total. The lowest BCUT2D eigenvalue weighted by Gasteiger charge is -2.29. The van der Waals surface area contributed by atoms with Crippen LogP contribution in [0, 0.1) is 5.92 Å². The lowest BCUT2D eigenvalue weighted by molar-refractivity contribution is -0.858. The first-order valence-electron chi connectivity index (χ1n) is 13.9. The monoisotopic (exact) mass is 617 g/mol. The van der Waals surface area contributed by atoms with Crippen LogP contribution in [0.25, 0.3) is 11.3 Å². The van der Waals surface area contributed by atoms with Crippen LogP contribution in [-0.4, -0.2) is 49.5 Å². The number of carbonyl (C=O) groups excluding carboxylic acids is 1. The van der Waals surface area contributed by atoms with E-state index in [2.05, 4.69) is 9.88 Å². The summed E-state index contributed by atoms with van der Waals surface area (Å²) in [7, 11) is -3.61. The number of sulfonamides is 1. The largest absolute Gasteiger partial charge is 0.847 e. The van der Waals surface area contributed by atoms with Crippen molar-refractivity contribution in [2.45, 2.75) is 68.1 Å². The van der Waals surface area contributed by atoms with Gasteiger partial charge in [-0.15, -0.1) is 0 Å². The molecule has 2 heterocycles. The minimum atomic E-state index is -3.61. The fraction of sp³-hybridized carbons (Fsp3) is 0.448. The van der Waals surface area contributed by atoms with Gasteiger partial charge in [0.2, 0.25) is 10.0 Å². The number of aromatic nitrogens is 1. The highest BCUT2D eigenvalue weighted by atomic mass is 35.5. The SMILES string of the molecule is O=C(NS(=O)(=O)C1CC1)c1ccc([NH+]2C[C@H]3C([O-])[C@@H]2C[C@H]3OCc2c(-c3c(Cl)cccc3Cl)noc2C2CC2)cc1. The highest BCUT2D eigenvalue weighted by Crippen LogP contribution is 2.46. The van der Waals surface area contributed by atoms with E-state index in [0.717, 1.165) is 34.8 Å². The van der Waals surface area contributed by atoms with Crippen LogP contribution in [0.3, 0.4) is 0 Å². The Bertz CT molecular complexity index is 1580. The molecule has 3 aromatic rings. The highest BCUT2D eigenvalue weighted by molar-refractivity contribution is 7.91. The Balaban J connectivity index is 1.03. The summed E-state index contributed by atoms with van der Waals surface area (Å²) in [6, 6.07) is 12.0. The number of nitrogens with one attached hydrogen (secondary N) is 2. The van der Waals surface area contributed by atoms with E-state index in [9.17, 15) is 18.3 Å². The zero-order chi connectivity index (χ0) is 28.5. The van der Waals surface area contributed by atoms with Crippen molar-refractivity contribution in [1.82, 2.24) is 9.88 Å². The number of hydrogen-bond acceptors (Lipinski definition) is 7. The van der Waals surface area contributed by atoms with Gasteiger partial charge in [0.05, 0.1) is 40.6 Å². The van der Waals surface area contributed by atoms with Gasteiger partial charge >= 0.3 is 0 Å². The average Bonchev–Trinajstić information content (AvgIpc) is 3.88. The van der Waals surface area contributed by atoms with Gasteiger partial charge in [-0.1, -0.05) is 40.5 Å². The Hall–Kier alpha value is -2.47. The Morgan fingerprint density at radius 1 is 1.10 bits per heavy atom. The van der Waals surface area contributed by atoms with Crippen LogP contribution in [0.5, 0.6) is 0 Å². The second-order valence-electron chi connectivity index (χ2n) is 11.5. The molecule has 2 bridgehead atoms. The molecule has 2 N–H and O–H groups in total. The Labute approximate surface area is 247 Å². The van der Waals surface area contributed by atoms with E-state index >= 15 is 0 Å². The smallest absolute Gasteiger partial charge is 0.264 e. The van der Waals surface area contributed by atoms with Crippen molar-refractivity contribution in [3.8, 4) is 11.3 Å². The number of carbonyl (C=O) groups is 1. The summed E-state index contributed by atoms with van der Waals surface area (Å²) in [5.41, 5.74) is 3.23. The molecule has 0 radical (unpaired) electrons. The van der Waals surface area contributed by atoms with Crippen molar-refractivity contribution in [2.75, 3.05) is 6.54 Å². The van der Waals surface area contributed by atoms with Crippen LogP contribution in [0.15, 0.2) is 47.0 Å². The van der Waals surface area contributed by atoms with Crippen molar-refractivity contribution in [3.05, 3.63) is 69.4 Å². The minimum absolute atomic E-state index is 0.164. The van der Waals surface area contributed by atoms with E-state index in [1.165, 1.54) is 0 Å². The first-order valence-corrected chi connectivity index (χ1v) is 16.2. The quantitative estimate of drug-likeness (QED) is 0.378. The Morgan fingerprint density at radius 3 is 2.41 bits per heavy atom. The number of rotatable bonds is 9. The van der Waals surface area contributed by atoms with Crippen LogP contribution in [0.4, 0.5) is 5.69 Å². The molecule has 1 amide bonds. The van der Waals surface area contributed by atoms with Gasteiger partial charge < -0.3 is 19.3 Å². The molecular weight excluding hydrogens is 589 g/mol. The van der Waals surface area contributed by atoms with E-state index in [1.54, 1.807) is 42.5 Å². The molecule has 0 spiro atoms. The number of benzene rings is 2. The lowest BCUT2D eigenvalue weighted by Crippen LogP contribution is -3.11. The van der Waals surface area contributed by atoms with Gasteiger partial charge in [-0.25, -0.2) is 13.1 Å². The predicted molar refractivity (Wildman–Crippen MR) is 150 cm³/mol. The average molecular weight is 619 g/mol. The number of halogens is 2. The van der Waals surface area contributed by atoms with Crippen LogP contribution in [0.2, 0.25) is 10.0 Å². The molecule has 3 aliphatic carbocycles. The summed E-state index contributed by atoms with van der Waals surface area (Å²) in [4.78, 5) is 13.5. The van der Waals surface area contributed by atoms with Crippen molar-refractivity contribution in [2.24, 2.45) is 5.92 Å². The highest BCUT2D eigenvalue weighted by Gasteiger charge is 2.52. The van der Waals surface area contributed by atoms with E-state index in [4.69, 9.17) is 32.5 Å². The summed E-state index contributed by atoms with van der Waals surface area (Å²) < 4.78 is 38.5.